The topological polar surface area (TPSA) is 43.4 Å². The molecule has 1 aromatic rings. The number of hydrogen-bond acceptors (Lipinski definition) is 4. The molecule has 0 amide bonds. The summed E-state index contributed by atoms with van der Waals surface area (Å²) in [5.41, 5.74) is 1.63. The van der Waals surface area contributed by atoms with Gasteiger partial charge in [0.1, 0.15) is 10.6 Å². The van der Waals surface area contributed by atoms with Gasteiger partial charge in [0.2, 0.25) is 0 Å². The van der Waals surface area contributed by atoms with Gasteiger partial charge in [0, 0.05) is 16.4 Å². The van der Waals surface area contributed by atoms with Crippen LogP contribution in [0.15, 0.2) is 17.0 Å². The Hall–Kier alpha value is -0.390. The number of halogens is 1. The van der Waals surface area contributed by atoms with E-state index in [1.54, 1.807) is 11.8 Å². The number of benzene rings is 1. The van der Waals surface area contributed by atoms with Gasteiger partial charge in [0.05, 0.1) is 6.61 Å². The lowest BCUT2D eigenvalue weighted by molar-refractivity contribution is 0.332. The zero-order chi connectivity index (χ0) is 13.1. The first-order valence-electron chi connectivity index (χ1n) is 5.04. The van der Waals surface area contributed by atoms with Crippen molar-refractivity contribution in [1.82, 2.24) is 0 Å². The van der Waals surface area contributed by atoms with Gasteiger partial charge in [-0.15, -0.1) is 0 Å². The molecule has 3 nitrogen and oxygen atoms in total. The number of ether oxygens (including phenoxy) is 1. The van der Waals surface area contributed by atoms with Crippen LogP contribution in [-0.2, 0) is 9.05 Å². The molecule has 1 aromatic carbocycles. The summed E-state index contributed by atoms with van der Waals surface area (Å²) in [5.74, 6) is 1.16. The predicted octanol–water partition coefficient (Wildman–Crippen LogP) is 2.97. The molecule has 0 aliphatic heterocycles. The van der Waals surface area contributed by atoms with E-state index in [-0.39, 0.29) is 4.90 Å². The molecule has 96 valence electrons. The Morgan fingerprint density at radius 2 is 2.00 bits per heavy atom. The second kappa shape index (κ2) is 5.98. The summed E-state index contributed by atoms with van der Waals surface area (Å²) >= 11 is 1.64. The third kappa shape index (κ3) is 4.08. The van der Waals surface area contributed by atoms with E-state index in [9.17, 15) is 8.42 Å². The number of aryl methyl sites for hydroxylation is 2. The molecule has 0 saturated heterocycles. The first-order valence-corrected chi connectivity index (χ1v) is 8.74. The Balaban J connectivity index is 3.17. The van der Waals surface area contributed by atoms with Crippen molar-refractivity contribution >= 4 is 31.5 Å². The first kappa shape index (κ1) is 14.7. The van der Waals surface area contributed by atoms with Gasteiger partial charge in [0.25, 0.3) is 9.05 Å². The van der Waals surface area contributed by atoms with Gasteiger partial charge in [-0.3, -0.25) is 0 Å². The van der Waals surface area contributed by atoms with E-state index in [4.69, 9.17) is 15.4 Å². The highest BCUT2D eigenvalue weighted by Gasteiger charge is 2.19. The minimum atomic E-state index is -3.78. The smallest absolute Gasteiger partial charge is 0.265 e. The molecule has 17 heavy (non-hydrogen) atoms. The van der Waals surface area contributed by atoms with E-state index in [0.29, 0.717) is 12.4 Å². The summed E-state index contributed by atoms with van der Waals surface area (Å²) in [7, 11) is 1.63. The predicted molar refractivity (Wildman–Crippen MR) is 72.8 cm³/mol. The standard InChI is InChI=1S/C11H15ClO3S2/c1-8-6-9(2)11(15-4-5-16-3)10(7-8)17(12,13)14/h6-7H,4-5H2,1-3H3. The van der Waals surface area contributed by atoms with Crippen LogP contribution in [0.4, 0.5) is 0 Å². The molecule has 6 heteroatoms. The van der Waals surface area contributed by atoms with Crippen LogP contribution < -0.4 is 4.74 Å². The summed E-state index contributed by atoms with van der Waals surface area (Å²) in [6, 6.07) is 3.41. The zero-order valence-corrected chi connectivity index (χ0v) is 12.4. The molecular weight excluding hydrogens is 280 g/mol. The Labute approximate surface area is 111 Å². The zero-order valence-electron chi connectivity index (χ0n) is 9.99. The molecule has 0 fully saturated rings. The monoisotopic (exact) mass is 294 g/mol. The molecule has 0 radical (unpaired) electrons. The van der Waals surface area contributed by atoms with Gasteiger partial charge in [-0.25, -0.2) is 8.42 Å². The highest BCUT2D eigenvalue weighted by molar-refractivity contribution is 8.13. The average Bonchev–Trinajstić information content (AvgIpc) is 2.19. The van der Waals surface area contributed by atoms with Crippen molar-refractivity contribution < 1.29 is 13.2 Å². The second-order valence-electron chi connectivity index (χ2n) is 3.69. The quantitative estimate of drug-likeness (QED) is 0.618. The van der Waals surface area contributed by atoms with Gasteiger partial charge in [-0.2, -0.15) is 11.8 Å². The minimum absolute atomic E-state index is 0.0535. The Kier molecular flexibility index (Phi) is 5.16. The maximum atomic E-state index is 11.5. The fourth-order valence-electron chi connectivity index (χ4n) is 1.51. The Bertz CT molecular complexity index is 498. The molecule has 0 saturated carbocycles. The molecule has 0 aliphatic rings. The van der Waals surface area contributed by atoms with E-state index in [1.807, 2.05) is 26.2 Å². The number of rotatable bonds is 5. The summed E-state index contributed by atoms with van der Waals surface area (Å²) < 4.78 is 28.4. The Morgan fingerprint density at radius 1 is 1.35 bits per heavy atom. The third-order valence-electron chi connectivity index (χ3n) is 2.18. The van der Waals surface area contributed by atoms with Crippen LogP contribution in [0, 0.1) is 13.8 Å². The molecular formula is C11H15ClO3S2. The first-order chi connectivity index (χ1) is 7.86. The molecule has 0 atom stereocenters. The van der Waals surface area contributed by atoms with E-state index in [2.05, 4.69) is 0 Å². The van der Waals surface area contributed by atoms with Crippen LogP contribution in [-0.4, -0.2) is 27.0 Å². The third-order valence-corrected chi connectivity index (χ3v) is 4.08. The average molecular weight is 295 g/mol. The summed E-state index contributed by atoms with van der Waals surface area (Å²) in [4.78, 5) is 0.0535. The van der Waals surface area contributed by atoms with E-state index >= 15 is 0 Å². The molecule has 0 aromatic heterocycles. The van der Waals surface area contributed by atoms with Gasteiger partial charge in [-0.05, 0) is 37.3 Å². The molecule has 0 N–H and O–H groups in total. The normalized spacial score (nSPS) is 11.5. The van der Waals surface area contributed by atoms with Crippen LogP contribution in [0.1, 0.15) is 11.1 Å². The van der Waals surface area contributed by atoms with Crippen molar-refractivity contribution in [2.24, 2.45) is 0 Å². The molecule has 1 rings (SSSR count). The lowest BCUT2D eigenvalue weighted by Gasteiger charge is -2.13. The van der Waals surface area contributed by atoms with Crippen LogP contribution in [0.5, 0.6) is 5.75 Å². The van der Waals surface area contributed by atoms with Gasteiger partial charge < -0.3 is 4.74 Å². The molecule has 0 aliphatic carbocycles. The molecule has 0 bridgehead atoms. The van der Waals surface area contributed by atoms with Gasteiger partial charge in [-0.1, -0.05) is 6.07 Å². The van der Waals surface area contributed by atoms with Crippen molar-refractivity contribution in [3.63, 3.8) is 0 Å². The second-order valence-corrected chi connectivity index (χ2v) is 7.21. The van der Waals surface area contributed by atoms with E-state index < -0.39 is 9.05 Å². The van der Waals surface area contributed by atoms with Crippen molar-refractivity contribution in [2.45, 2.75) is 18.7 Å². The van der Waals surface area contributed by atoms with Crippen molar-refractivity contribution in [3.05, 3.63) is 23.3 Å². The van der Waals surface area contributed by atoms with E-state index in [1.165, 1.54) is 6.07 Å². The highest BCUT2D eigenvalue weighted by atomic mass is 35.7. The lowest BCUT2D eigenvalue weighted by Crippen LogP contribution is -2.06. The largest absolute Gasteiger partial charge is 0.491 e. The molecule has 0 unspecified atom stereocenters. The van der Waals surface area contributed by atoms with Gasteiger partial charge >= 0.3 is 0 Å². The van der Waals surface area contributed by atoms with Crippen molar-refractivity contribution in [3.8, 4) is 5.75 Å². The Morgan fingerprint density at radius 3 is 2.53 bits per heavy atom. The van der Waals surface area contributed by atoms with Crippen molar-refractivity contribution in [1.29, 1.82) is 0 Å². The number of hydrogen-bond donors (Lipinski definition) is 0. The van der Waals surface area contributed by atoms with Crippen LogP contribution >= 0.6 is 22.4 Å². The number of thioether (sulfide) groups is 1. The molecule has 0 heterocycles. The van der Waals surface area contributed by atoms with Gasteiger partial charge in [0.15, 0.2) is 0 Å². The summed E-state index contributed by atoms with van der Waals surface area (Å²) in [5, 5.41) is 0. The lowest BCUT2D eigenvalue weighted by atomic mass is 10.1. The fraction of sp³-hybridized carbons (Fsp3) is 0.455. The fourth-order valence-corrected chi connectivity index (χ4v) is 2.87. The minimum Gasteiger partial charge on any atom is -0.491 e. The highest BCUT2D eigenvalue weighted by Crippen LogP contribution is 2.31. The SMILES string of the molecule is CSCCOc1c(C)cc(C)cc1S(=O)(=O)Cl. The van der Waals surface area contributed by atoms with Crippen molar-refractivity contribution in [2.75, 3.05) is 18.6 Å². The summed E-state index contributed by atoms with van der Waals surface area (Å²) in [6.07, 6.45) is 1.96. The van der Waals surface area contributed by atoms with E-state index in [0.717, 1.165) is 16.9 Å². The molecule has 0 spiro atoms. The van der Waals surface area contributed by atoms with Crippen LogP contribution in [0.3, 0.4) is 0 Å². The maximum absolute atomic E-state index is 11.5. The summed E-state index contributed by atoms with van der Waals surface area (Å²) in [6.45, 7) is 4.10. The van der Waals surface area contributed by atoms with Crippen LogP contribution in [0.25, 0.3) is 0 Å². The van der Waals surface area contributed by atoms with Crippen LogP contribution in [0.2, 0.25) is 0 Å². The maximum Gasteiger partial charge on any atom is 0.265 e.